The van der Waals surface area contributed by atoms with Crippen molar-refractivity contribution in [2.75, 3.05) is 6.61 Å². The second-order valence-electron chi connectivity index (χ2n) is 2.86. The first kappa shape index (κ1) is 15.4. The van der Waals surface area contributed by atoms with Crippen molar-refractivity contribution in [3.05, 3.63) is 0 Å². The van der Waals surface area contributed by atoms with Crippen LogP contribution in [0, 0.1) is 0 Å². The third-order valence-corrected chi connectivity index (χ3v) is 2.10. The molecule has 0 rings (SSSR count). The van der Waals surface area contributed by atoms with Crippen LogP contribution in [0.15, 0.2) is 0 Å². The molecule has 0 heterocycles. The molecule has 0 aromatic rings. The van der Waals surface area contributed by atoms with Crippen LogP contribution >= 0.6 is 0 Å². The SMILES string of the molecule is O=CC(OS(=O)(=O)O)C(O)C(O)C(O)CO. The van der Waals surface area contributed by atoms with E-state index in [1.165, 1.54) is 0 Å². The zero-order chi connectivity index (χ0) is 12.9. The second-order valence-corrected chi connectivity index (χ2v) is 3.90. The van der Waals surface area contributed by atoms with E-state index in [0.29, 0.717) is 0 Å². The molecule has 0 aliphatic heterocycles. The van der Waals surface area contributed by atoms with E-state index >= 15 is 0 Å². The Labute approximate surface area is 90.9 Å². The Hall–Kier alpha value is -0.620. The van der Waals surface area contributed by atoms with Crippen LogP contribution in [0.25, 0.3) is 0 Å². The summed E-state index contributed by atoms with van der Waals surface area (Å²) in [6.07, 6.45) is -8.21. The highest BCUT2D eigenvalue weighted by Gasteiger charge is 2.34. The first-order valence-electron chi connectivity index (χ1n) is 3.99. The number of hydrogen-bond acceptors (Lipinski definition) is 8. The van der Waals surface area contributed by atoms with Crippen molar-refractivity contribution < 1.29 is 42.4 Å². The number of aliphatic hydroxyl groups excluding tert-OH is 4. The minimum atomic E-state index is -4.99. The van der Waals surface area contributed by atoms with Gasteiger partial charge in [-0.2, -0.15) is 8.42 Å². The molecule has 9 nitrogen and oxygen atoms in total. The van der Waals surface area contributed by atoms with Crippen LogP contribution in [0.3, 0.4) is 0 Å². The van der Waals surface area contributed by atoms with Crippen LogP contribution in [0.4, 0.5) is 0 Å². The van der Waals surface area contributed by atoms with Crippen molar-refractivity contribution in [1.82, 2.24) is 0 Å². The summed E-state index contributed by atoms with van der Waals surface area (Å²) in [4.78, 5) is 10.3. The van der Waals surface area contributed by atoms with Gasteiger partial charge in [-0.3, -0.25) is 4.55 Å². The highest BCUT2D eigenvalue weighted by Crippen LogP contribution is 2.08. The first-order chi connectivity index (χ1) is 7.22. The van der Waals surface area contributed by atoms with Crippen LogP contribution in [0.2, 0.25) is 0 Å². The molecule has 0 spiro atoms. The van der Waals surface area contributed by atoms with E-state index in [1.54, 1.807) is 0 Å². The van der Waals surface area contributed by atoms with Gasteiger partial charge in [0.05, 0.1) is 6.61 Å². The number of aliphatic hydroxyl groups is 4. The summed E-state index contributed by atoms with van der Waals surface area (Å²) >= 11 is 0. The van der Waals surface area contributed by atoms with Gasteiger partial charge in [0.25, 0.3) is 0 Å². The Balaban J connectivity index is 4.65. The standard InChI is InChI=1S/C6H12O9S/c7-1-3(9)5(10)6(11)4(2-8)15-16(12,13)14/h2-7,9-11H,1H2,(H,12,13,14). The molecule has 0 bridgehead atoms. The average Bonchev–Trinajstić information content (AvgIpc) is 2.21. The summed E-state index contributed by atoms with van der Waals surface area (Å²) in [6, 6.07) is 0. The van der Waals surface area contributed by atoms with Crippen LogP contribution in [-0.2, 0) is 19.4 Å². The van der Waals surface area contributed by atoms with Crippen molar-refractivity contribution in [1.29, 1.82) is 0 Å². The minimum Gasteiger partial charge on any atom is -0.394 e. The molecule has 10 heteroatoms. The summed E-state index contributed by atoms with van der Waals surface area (Å²) in [7, 11) is -4.99. The summed E-state index contributed by atoms with van der Waals surface area (Å²) < 4.78 is 32.4. The summed E-state index contributed by atoms with van der Waals surface area (Å²) in [5.74, 6) is 0. The lowest BCUT2D eigenvalue weighted by molar-refractivity contribution is -0.133. The Kier molecular flexibility index (Phi) is 5.96. The molecule has 0 saturated carbocycles. The van der Waals surface area contributed by atoms with Gasteiger partial charge in [-0.05, 0) is 0 Å². The minimum absolute atomic E-state index is 0.189. The van der Waals surface area contributed by atoms with E-state index < -0.39 is 41.4 Å². The highest BCUT2D eigenvalue weighted by atomic mass is 32.3. The maximum atomic E-state index is 10.3. The van der Waals surface area contributed by atoms with Crippen molar-refractivity contribution in [2.24, 2.45) is 0 Å². The van der Waals surface area contributed by atoms with Crippen LogP contribution in [0.1, 0.15) is 0 Å². The molecular weight excluding hydrogens is 248 g/mol. The fraction of sp³-hybridized carbons (Fsp3) is 0.833. The van der Waals surface area contributed by atoms with E-state index in [9.17, 15) is 18.3 Å². The quantitative estimate of drug-likeness (QED) is 0.230. The van der Waals surface area contributed by atoms with Crippen LogP contribution in [0.5, 0.6) is 0 Å². The van der Waals surface area contributed by atoms with Gasteiger partial charge >= 0.3 is 10.4 Å². The Morgan fingerprint density at radius 1 is 1.19 bits per heavy atom. The maximum Gasteiger partial charge on any atom is 0.398 e. The molecule has 96 valence electrons. The lowest BCUT2D eigenvalue weighted by Crippen LogP contribution is -2.47. The molecule has 0 aliphatic carbocycles. The molecule has 0 fully saturated rings. The predicted molar refractivity (Wildman–Crippen MR) is 47.6 cm³/mol. The van der Waals surface area contributed by atoms with Gasteiger partial charge in [-0.25, -0.2) is 4.18 Å². The number of carbonyl (C=O) groups excluding carboxylic acids is 1. The van der Waals surface area contributed by atoms with Gasteiger partial charge in [-0.1, -0.05) is 0 Å². The molecule has 5 N–H and O–H groups in total. The third-order valence-electron chi connectivity index (χ3n) is 1.63. The molecule has 0 saturated heterocycles. The molecule has 0 radical (unpaired) electrons. The zero-order valence-electron chi connectivity index (χ0n) is 7.87. The smallest absolute Gasteiger partial charge is 0.394 e. The number of aldehydes is 1. The zero-order valence-corrected chi connectivity index (χ0v) is 8.69. The molecule has 4 atom stereocenters. The van der Waals surface area contributed by atoms with Crippen molar-refractivity contribution in [3.8, 4) is 0 Å². The normalized spacial score (nSPS) is 19.8. The fourth-order valence-corrected chi connectivity index (χ4v) is 1.27. The molecular formula is C6H12O9S. The molecule has 0 aliphatic rings. The van der Waals surface area contributed by atoms with Gasteiger partial charge in [0.2, 0.25) is 0 Å². The molecule has 16 heavy (non-hydrogen) atoms. The molecule has 0 amide bonds. The fourth-order valence-electron chi connectivity index (χ4n) is 0.830. The largest absolute Gasteiger partial charge is 0.398 e. The van der Waals surface area contributed by atoms with Gasteiger partial charge in [-0.15, -0.1) is 0 Å². The average molecular weight is 260 g/mol. The van der Waals surface area contributed by atoms with Crippen LogP contribution < -0.4 is 0 Å². The van der Waals surface area contributed by atoms with Gasteiger partial charge in [0.1, 0.15) is 18.3 Å². The number of hydrogen-bond donors (Lipinski definition) is 5. The first-order valence-corrected chi connectivity index (χ1v) is 5.35. The van der Waals surface area contributed by atoms with Gasteiger partial charge < -0.3 is 25.2 Å². The van der Waals surface area contributed by atoms with E-state index in [2.05, 4.69) is 4.18 Å². The molecule has 4 unspecified atom stereocenters. The molecule has 0 aromatic heterocycles. The van der Waals surface area contributed by atoms with Crippen LogP contribution in [-0.4, -0.2) is 70.7 Å². The summed E-state index contributed by atoms with van der Waals surface area (Å²) in [5, 5.41) is 35.6. The Morgan fingerprint density at radius 3 is 2.00 bits per heavy atom. The lowest BCUT2D eigenvalue weighted by Gasteiger charge is -2.24. The molecule has 0 aromatic carbocycles. The van der Waals surface area contributed by atoms with Crippen molar-refractivity contribution in [3.63, 3.8) is 0 Å². The Bertz CT molecular complexity index is 312. The second kappa shape index (κ2) is 6.20. The van der Waals surface area contributed by atoms with Crippen molar-refractivity contribution >= 4 is 16.7 Å². The van der Waals surface area contributed by atoms with E-state index in [1.807, 2.05) is 0 Å². The monoisotopic (exact) mass is 260 g/mol. The van der Waals surface area contributed by atoms with Gasteiger partial charge in [0, 0.05) is 0 Å². The van der Waals surface area contributed by atoms with E-state index in [0.717, 1.165) is 0 Å². The topological polar surface area (TPSA) is 162 Å². The number of carbonyl (C=O) groups is 1. The van der Waals surface area contributed by atoms with Gasteiger partial charge in [0.15, 0.2) is 12.4 Å². The third kappa shape index (κ3) is 4.94. The lowest BCUT2D eigenvalue weighted by atomic mass is 10.0. The van der Waals surface area contributed by atoms with E-state index in [-0.39, 0.29) is 6.29 Å². The van der Waals surface area contributed by atoms with Crippen molar-refractivity contribution in [2.45, 2.75) is 24.4 Å². The predicted octanol–water partition coefficient (Wildman–Crippen LogP) is -3.55. The maximum absolute atomic E-state index is 10.3. The summed E-state index contributed by atoms with van der Waals surface area (Å²) in [6.45, 7) is -0.921. The highest BCUT2D eigenvalue weighted by molar-refractivity contribution is 7.80. The summed E-state index contributed by atoms with van der Waals surface area (Å²) in [5.41, 5.74) is 0. The van der Waals surface area contributed by atoms with E-state index in [4.69, 9.17) is 19.9 Å². The number of rotatable bonds is 7. The Morgan fingerprint density at radius 2 is 1.69 bits per heavy atom.